The molecule has 3 aromatic heterocycles. The van der Waals surface area contributed by atoms with Crippen LogP contribution in [0.1, 0.15) is 99.3 Å². The Labute approximate surface area is 278 Å². The molecule has 250 valence electrons. The number of aromatic nitrogens is 4. The van der Waals surface area contributed by atoms with Crippen molar-refractivity contribution in [3.63, 3.8) is 0 Å². The van der Waals surface area contributed by atoms with E-state index >= 15 is 0 Å². The first-order valence-electron chi connectivity index (χ1n) is 17.8. The van der Waals surface area contributed by atoms with Gasteiger partial charge in [0, 0.05) is 41.7 Å². The van der Waals surface area contributed by atoms with Crippen molar-refractivity contribution in [1.29, 1.82) is 0 Å². The minimum Gasteiger partial charge on any atom is -0.494 e. The molecule has 3 N–H and O–H groups in total. The lowest BCUT2D eigenvalue weighted by molar-refractivity contribution is -0.214. The predicted molar refractivity (Wildman–Crippen MR) is 178 cm³/mol. The van der Waals surface area contributed by atoms with E-state index in [1.54, 1.807) is 7.11 Å². The third-order valence-corrected chi connectivity index (χ3v) is 12.3. The highest BCUT2D eigenvalue weighted by Crippen LogP contribution is 2.69. The summed E-state index contributed by atoms with van der Waals surface area (Å²) in [5.74, 6) is 2.06. The molecule has 2 saturated heterocycles. The number of carbonyl (C=O) groups is 2. The van der Waals surface area contributed by atoms with E-state index in [1.165, 1.54) is 12.8 Å². The first kappa shape index (κ1) is 29.0. The van der Waals surface area contributed by atoms with Crippen molar-refractivity contribution in [1.82, 2.24) is 29.3 Å². The van der Waals surface area contributed by atoms with Crippen LogP contribution >= 0.6 is 0 Å². The molecule has 11 rings (SSSR count). The van der Waals surface area contributed by atoms with Crippen LogP contribution in [0, 0.1) is 11.3 Å². The highest BCUT2D eigenvalue weighted by molar-refractivity contribution is 6.01. The SMILES string of the molecule is COc1cc(C(=O)N2[C@H]3CC[C@@H]2[C@H](N)C3)cc2nc(-c3cc4ccc([C@@H](C)NC(=O)C56CC(F)(C5)C6)nc4n3CC3CC3)n(C3CC3)c12. The fourth-order valence-electron chi connectivity index (χ4n) is 9.48. The van der Waals surface area contributed by atoms with Gasteiger partial charge in [0.25, 0.3) is 5.91 Å². The van der Waals surface area contributed by atoms with Crippen molar-refractivity contribution in [2.24, 2.45) is 17.1 Å². The van der Waals surface area contributed by atoms with Crippen LogP contribution in [0.25, 0.3) is 33.6 Å². The van der Waals surface area contributed by atoms with Crippen LogP contribution < -0.4 is 15.8 Å². The number of fused-ring (bicyclic) bond motifs is 4. The fraction of sp³-hybridized carbons (Fsp3) is 0.568. The molecule has 5 saturated carbocycles. The zero-order valence-electron chi connectivity index (χ0n) is 27.5. The molecule has 7 fully saturated rings. The molecule has 4 atom stereocenters. The Bertz CT molecular complexity index is 2020. The summed E-state index contributed by atoms with van der Waals surface area (Å²) in [5, 5.41) is 4.15. The number of methoxy groups -OCH3 is 1. The van der Waals surface area contributed by atoms with Gasteiger partial charge in [-0.25, -0.2) is 14.4 Å². The molecule has 11 heteroatoms. The monoisotopic (exact) mass is 651 g/mol. The molecular formula is C37H42FN7O3. The first-order chi connectivity index (χ1) is 23.1. The maximum absolute atomic E-state index is 14.1. The number of nitrogens with one attached hydrogen (secondary N) is 1. The number of rotatable bonds is 9. The molecule has 2 amide bonds. The number of halogens is 1. The molecule has 0 spiro atoms. The number of ether oxygens (including phenoxy) is 1. The molecule has 48 heavy (non-hydrogen) atoms. The van der Waals surface area contributed by atoms with E-state index in [4.69, 9.17) is 20.4 Å². The zero-order chi connectivity index (χ0) is 32.7. The lowest BCUT2D eigenvalue weighted by atomic mass is 9.42. The van der Waals surface area contributed by atoms with Gasteiger partial charge in [0.2, 0.25) is 5.91 Å². The van der Waals surface area contributed by atoms with Crippen LogP contribution in [0.4, 0.5) is 4.39 Å². The molecule has 10 nitrogen and oxygen atoms in total. The van der Waals surface area contributed by atoms with E-state index in [-0.39, 0.29) is 36.0 Å². The Morgan fingerprint density at radius 2 is 1.83 bits per heavy atom. The highest BCUT2D eigenvalue weighted by atomic mass is 19.1. The first-order valence-corrected chi connectivity index (χ1v) is 17.8. The van der Waals surface area contributed by atoms with Crippen LogP contribution in [-0.4, -0.2) is 66.7 Å². The van der Waals surface area contributed by atoms with E-state index < -0.39 is 11.1 Å². The maximum Gasteiger partial charge on any atom is 0.254 e. The summed E-state index contributed by atoms with van der Waals surface area (Å²) in [6.07, 6.45) is 8.35. The van der Waals surface area contributed by atoms with Crippen molar-refractivity contribution in [2.45, 2.75) is 114 Å². The summed E-state index contributed by atoms with van der Waals surface area (Å²) in [6.45, 7) is 2.79. The van der Waals surface area contributed by atoms with Crippen molar-refractivity contribution in [3.8, 4) is 17.3 Å². The van der Waals surface area contributed by atoms with Gasteiger partial charge in [0.15, 0.2) is 5.82 Å². The standard InChI is InChI=1S/C37H42FN7O3/c1-19(40-35(47)36-16-37(38,17-36)18-36)26-9-5-21-12-29(43(32(21)41-26)15-20-3-4-20)33-42-27-11-22(13-30(48-2)31(27)45(33)23-6-7-23)34(46)44-24-8-10-28(44)25(39)14-24/h5,9,11-13,19-20,23-25,28H,3-4,6-8,10,14-18,39H2,1-2H3,(H,40,47)/t19-,24+,25-,28-,36?,37?/m1/s1. The second kappa shape index (κ2) is 9.80. The van der Waals surface area contributed by atoms with Crippen molar-refractivity contribution in [2.75, 3.05) is 7.11 Å². The van der Waals surface area contributed by atoms with E-state index in [1.807, 2.05) is 30.0 Å². The normalized spacial score (nSPS) is 30.8. The summed E-state index contributed by atoms with van der Waals surface area (Å²) in [7, 11) is 1.67. The number of hydrogen-bond donors (Lipinski definition) is 2. The van der Waals surface area contributed by atoms with Crippen LogP contribution in [0.3, 0.4) is 0 Å². The quantitative estimate of drug-likeness (QED) is 0.244. The second-order valence-corrected chi connectivity index (χ2v) is 15.9. The van der Waals surface area contributed by atoms with Crippen molar-refractivity contribution >= 4 is 33.9 Å². The molecule has 2 aliphatic heterocycles. The minimum atomic E-state index is -1.11. The van der Waals surface area contributed by atoms with E-state index in [2.05, 4.69) is 26.6 Å². The number of hydrogen-bond acceptors (Lipinski definition) is 6. The number of benzene rings is 1. The average molecular weight is 652 g/mol. The average Bonchev–Trinajstić information content (AvgIpc) is 3.92. The maximum atomic E-state index is 14.1. The topological polar surface area (TPSA) is 120 Å². The Kier molecular flexibility index (Phi) is 5.91. The van der Waals surface area contributed by atoms with Crippen LogP contribution in [0.2, 0.25) is 0 Å². The Balaban J connectivity index is 1.05. The highest BCUT2D eigenvalue weighted by Gasteiger charge is 2.72. The van der Waals surface area contributed by atoms with E-state index in [9.17, 15) is 14.0 Å². The second-order valence-electron chi connectivity index (χ2n) is 15.9. The van der Waals surface area contributed by atoms with Gasteiger partial charge in [-0.1, -0.05) is 0 Å². The molecule has 5 heterocycles. The number of carbonyl (C=O) groups excluding carboxylic acids is 2. The molecule has 7 aliphatic rings. The summed E-state index contributed by atoms with van der Waals surface area (Å²) in [4.78, 5) is 39.4. The van der Waals surface area contributed by atoms with Gasteiger partial charge < -0.3 is 29.8 Å². The van der Waals surface area contributed by atoms with Gasteiger partial charge in [0.1, 0.15) is 22.6 Å². The molecule has 4 bridgehead atoms. The number of amides is 2. The number of pyridine rings is 1. The van der Waals surface area contributed by atoms with Crippen LogP contribution in [0.15, 0.2) is 30.3 Å². The minimum absolute atomic E-state index is 0.0113. The number of imidazole rings is 1. The van der Waals surface area contributed by atoms with Gasteiger partial charge in [-0.05, 0) is 107 Å². The molecule has 0 radical (unpaired) electrons. The number of nitrogens with zero attached hydrogens (tertiary/aromatic N) is 5. The third-order valence-electron chi connectivity index (χ3n) is 12.3. The lowest BCUT2D eigenvalue weighted by Gasteiger charge is -2.64. The van der Waals surface area contributed by atoms with Gasteiger partial charge >= 0.3 is 0 Å². The molecule has 5 aliphatic carbocycles. The van der Waals surface area contributed by atoms with E-state index in [0.717, 1.165) is 77.9 Å². The predicted octanol–water partition coefficient (Wildman–Crippen LogP) is 5.58. The molecular weight excluding hydrogens is 609 g/mol. The van der Waals surface area contributed by atoms with Gasteiger partial charge in [-0.3, -0.25) is 9.59 Å². The summed E-state index contributed by atoms with van der Waals surface area (Å²) >= 11 is 0. The molecule has 4 aromatic rings. The number of nitrogens with two attached hydrogens (primary N) is 1. The van der Waals surface area contributed by atoms with E-state index in [0.29, 0.717) is 42.5 Å². The van der Waals surface area contributed by atoms with Gasteiger partial charge in [-0.15, -0.1) is 0 Å². The largest absolute Gasteiger partial charge is 0.494 e. The van der Waals surface area contributed by atoms with Crippen LogP contribution in [-0.2, 0) is 11.3 Å². The zero-order valence-corrected chi connectivity index (χ0v) is 27.5. The van der Waals surface area contributed by atoms with Gasteiger partial charge in [0.05, 0.1) is 35.5 Å². The van der Waals surface area contributed by atoms with Crippen molar-refractivity contribution < 1.29 is 18.7 Å². The van der Waals surface area contributed by atoms with Crippen LogP contribution in [0.5, 0.6) is 5.75 Å². The van der Waals surface area contributed by atoms with Crippen molar-refractivity contribution in [3.05, 3.63) is 41.6 Å². The summed E-state index contributed by atoms with van der Waals surface area (Å²) < 4.78 is 24.7. The molecule has 0 unspecified atom stereocenters. The Morgan fingerprint density at radius 3 is 2.48 bits per heavy atom. The summed E-state index contributed by atoms with van der Waals surface area (Å²) in [5.41, 5.74) is 9.69. The Hall–Kier alpha value is -3.99. The Morgan fingerprint density at radius 1 is 1.06 bits per heavy atom. The number of alkyl halides is 1. The lowest BCUT2D eigenvalue weighted by Crippen LogP contribution is -2.70. The van der Waals surface area contributed by atoms with Gasteiger partial charge in [-0.2, -0.15) is 0 Å². The smallest absolute Gasteiger partial charge is 0.254 e. The third kappa shape index (κ3) is 4.18. The molecule has 1 aromatic carbocycles. The fourth-order valence-corrected chi connectivity index (χ4v) is 9.48. The summed E-state index contributed by atoms with van der Waals surface area (Å²) in [6, 6.07) is 10.4.